The second-order valence-corrected chi connectivity index (χ2v) is 3.21. The Morgan fingerprint density at radius 2 is 1.86 bits per heavy atom. The quantitative estimate of drug-likeness (QED) is 0.384. The van der Waals surface area contributed by atoms with Crippen molar-refractivity contribution in [3.05, 3.63) is 0 Å². The predicted octanol–water partition coefficient (Wildman–Crippen LogP) is -0.191. The lowest BCUT2D eigenvalue weighted by Gasteiger charge is -2.02. The Bertz CT molecular complexity index is 400. The van der Waals surface area contributed by atoms with Crippen molar-refractivity contribution in [3.63, 3.8) is 0 Å². The SMILES string of the molecule is O=S(=O)(OC#CC#CCO)C(F)(F)F. The van der Waals surface area contributed by atoms with Crippen LogP contribution in [0.4, 0.5) is 13.2 Å². The Morgan fingerprint density at radius 1 is 1.29 bits per heavy atom. The van der Waals surface area contributed by atoms with E-state index in [0.29, 0.717) is 0 Å². The van der Waals surface area contributed by atoms with E-state index in [2.05, 4.69) is 4.18 Å². The highest BCUT2D eigenvalue weighted by atomic mass is 32.2. The van der Waals surface area contributed by atoms with Gasteiger partial charge in [-0.3, -0.25) is 0 Å². The molecule has 0 saturated heterocycles. The minimum Gasteiger partial charge on any atom is -0.384 e. The summed E-state index contributed by atoms with van der Waals surface area (Å²) in [6.07, 6.45) is 1.22. The minimum absolute atomic E-state index is 0.541. The van der Waals surface area contributed by atoms with Crippen LogP contribution >= 0.6 is 0 Å². The number of halogens is 3. The van der Waals surface area contributed by atoms with Crippen molar-refractivity contribution in [2.45, 2.75) is 5.51 Å². The van der Waals surface area contributed by atoms with E-state index in [4.69, 9.17) is 5.11 Å². The van der Waals surface area contributed by atoms with Gasteiger partial charge in [0.05, 0.1) is 0 Å². The first-order valence-electron chi connectivity index (χ1n) is 2.89. The van der Waals surface area contributed by atoms with E-state index in [1.165, 1.54) is 6.11 Å². The molecule has 0 fully saturated rings. The van der Waals surface area contributed by atoms with E-state index in [1.807, 2.05) is 11.8 Å². The molecule has 78 valence electrons. The number of aliphatic hydroxyl groups is 1. The molecule has 0 unspecified atom stereocenters. The van der Waals surface area contributed by atoms with E-state index in [0.717, 1.165) is 0 Å². The van der Waals surface area contributed by atoms with E-state index in [1.54, 1.807) is 5.92 Å². The summed E-state index contributed by atoms with van der Waals surface area (Å²) < 4.78 is 58.2. The summed E-state index contributed by atoms with van der Waals surface area (Å²) >= 11 is 0. The Labute approximate surface area is 77.8 Å². The molecule has 0 spiro atoms. The number of aliphatic hydroxyl groups excluding tert-OH is 1. The molecule has 0 aliphatic carbocycles. The molecular formula is C6H3F3O4S. The molecule has 0 aromatic carbocycles. The van der Waals surface area contributed by atoms with Crippen molar-refractivity contribution in [1.29, 1.82) is 0 Å². The van der Waals surface area contributed by atoms with Gasteiger partial charge in [0.2, 0.25) is 0 Å². The van der Waals surface area contributed by atoms with Crippen molar-refractivity contribution in [1.82, 2.24) is 0 Å². The van der Waals surface area contributed by atoms with Crippen LogP contribution in [0.5, 0.6) is 0 Å². The largest absolute Gasteiger partial charge is 0.535 e. The van der Waals surface area contributed by atoms with Crippen LogP contribution in [0.3, 0.4) is 0 Å². The monoisotopic (exact) mass is 228 g/mol. The maximum Gasteiger partial charge on any atom is 0.535 e. The molecule has 0 aliphatic heterocycles. The van der Waals surface area contributed by atoms with Crippen LogP contribution in [0, 0.1) is 23.9 Å². The van der Waals surface area contributed by atoms with Crippen LogP contribution in [0.15, 0.2) is 0 Å². The van der Waals surface area contributed by atoms with E-state index in [-0.39, 0.29) is 0 Å². The molecule has 4 nitrogen and oxygen atoms in total. The number of hydrogen-bond donors (Lipinski definition) is 1. The third kappa shape index (κ3) is 4.03. The molecule has 0 aliphatic rings. The third-order valence-corrected chi connectivity index (χ3v) is 1.59. The second-order valence-electron chi connectivity index (χ2n) is 1.67. The normalized spacial score (nSPS) is 10.6. The summed E-state index contributed by atoms with van der Waals surface area (Å²) in [4.78, 5) is 0. The average Bonchev–Trinajstić information content (AvgIpc) is 2.02. The Morgan fingerprint density at radius 3 is 2.29 bits per heavy atom. The lowest BCUT2D eigenvalue weighted by molar-refractivity contribution is -0.0509. The van der Waals surface area contributed by atoms with Crippen molar-refractivity contribution in [2.24, 2.45) is 0 Å². The fourth-order valence-electron chi connectivity index (χ4n) is 0.232. The topological polar surface area (TPSA) is 63.6 Å². The summed E-state index contributed by atoms with van der Waals surface area (Å²) in [5.41, 5.74) is -5.51. The van der Waals surface area contributed by atoms with Crippen molar-refractivity contribution < 1.29 is 30.9 Å². The molecular weight excluding hydrogens is 225 g/mol. The standard InChI is InChI=1S/C6H3F3O4S/c7-6(8,9)14(11,12)13-5-3-1-2-4-10/h10H,4H2. The van der Waals surface area contributed by atoms with Gasteiger partial charge in [-0.25, -0.2) is 0 Å². The van der Waals surface area contributed by atoms with Crippen LogP contribution in [0.25, 0.3) is 0 Å². The number of rotatable bonds is 1. The summed E-state index contributed by atoms with van der Waals surface area (Å²) in [6.45, 7) is -0.541. The zero-order valence-electron chi connectivity index (χ0n) is 6.42. The van der Waals surface area contributed by atoms with Gasteiger partial charge in [0.25, 0.3) is 0 Å². The molecule has 0 radical (unpaired) electrons. The molecule has 0 aromatic heterocycles. The van der Waals surface area contributed by atoms with Gasteiger partial charge >= 0.3 is 15.6 Å². The minimum atomic E-state index is -5.69. The molecule has 8 heteroatoms. The Kier molecular flexibility index (Phi) is 4.28. The third-order valence-electron chi connectivity index (χ3n) is 0.716. The van der Waals surface area contributed by atoms with Gasteiger partial charge in [-0.1, -0.05) is 5.92 Å². The zero-order chi connectivity index (χ0) is 11.2. The first kappa shape index (κ1) is 12.6. The van der Waals surface area contributed by atoms with Gasteiger partial charge in [0.15, 0.2) is 0 Å². The first-order valence-corrected chi connectivity index (χ1v) is 4.30. The van der Waals surface area contributed by atoms with Crippen molar-refractivity contribution in [2.75, 3.05) is 6.61 Å². The summed E-state index contributed by atoms with van der Waals surface area (Å²) in [5, 5.41) is 8.07. The average molecular weight is 228 g/mol. The van der Waals surface area contributed by atoms with Crippen LogP contribution in [0.2, 0.25) is 0 Å². The lowest BCUT2D eigenvalue weighted by atomic mass is 10.6. The van der Waals surface area contributed by atoms with E-state index >= 15 is 0 Å². The first-order chi connectivity index (χ1) is 6.31. The number of hydrogen-bond acceptors (Lipinski definition) is 4. The summed E-state index contributed by atoms with van der Waals surface area (Å²) in [5.74, 6) is 5.43. The highest BCUT2D eigenvalue weighted by Crippen LogP contribution is 2.23. The van der Waals surface area contributed by atoms with Crippen LogP contribution < -0.4 is 0 Å². The molecule has 0 heterocycles. The predicted molar refractivity (Wildman–Crippen MR) is 38.7 cm³/mol. The second kappa shape index (κ2) is 4.74. The smallest absolute Gasteiger partial charge is 0.384 e. The van der Waals surface area contributed by atoms with E-state index < -0.39 is 22.2 Å². The molecule has 1 N–H and O–H groups in total. The Balaban J connectivity index is 4.48. The molecule has 0 aromatic rings. The summed E-state index contributed by atoms with van der Waals surface area (Å²) in [7, 11) is -5.69. The fraction of sp³-hybridized carbons (Fsp3) is 0.333. The van der Waals surface area contributed by atoms with Gasteiger partial charge in [-0.15, -0.1) is 0 Å². The van der Waals surface area contributed by atoms with Crippen LogP contribution in [-0.2, 0) is 14.3 Å². The molecule has 14 heavy (non-hydrogen) atoms. The highest BCUT2D eigenvalue weighted by molar-refractivity contribution is 7.87. The number of alkyl halides is 3. The molecule has 0 atom stereocenters. The fourth-order valence-corrected chi connectivity index (χ4v) is 0.478. The molecule has 0 bridgehead atoms. The van der Waals surface area contributed by atoms with Gasteiger partial charge < -0.3 is 9.29 Å². The van der Waals surface area contributed by atoms with Crippen LogP contribution in [0.1, 0.15) is 0 Å². The molecule has 0 amide bonds. The van der Waals surface area contributed by atoms with Crippen molar-refractivity contribution >= 4 is 10.1 Å². The molecule has 0 rings (SSSR count). The molecule has 0 saturated carbocycles. The summed E-state index contributed by atoms with van der Waals surface area (Å²) in [6, 6.07) is 0. The van der Waals surface area contributed by atoms with Gasteiger partial charge in [-0.05, 0) is 5.92 Å². The van der Waals surface area contributed by atoms with Crippen molar-refractivity contribution in [3.8, 4) is 23.9 Å². The lowest BCUT2D eigenvalue weighted by Crippen LogP contribution is -2.23. The van der Waals surface area contributed by atoms with E-state index in [9.17, 15) is 21.6 Å². The maximum atomic E-state index is 11.6. The Hall–Kier alpha value is -1.38. The van der Waals surface area contributed by atoms with Gasteiger partial charge in [-0.2, -0.15) is 21.6 Å². The van der Waals surface area contributed by atoms with Crippen LogP contribution in [-0.4, -0.2) is 25.6 Å². The van der Waals surface area contributed by atoms with Gasteiger partial charge in [0, 0.05) is 5.92 Å². The maximum absolute atomic E-state index is 11.6. The van der Waals surface area contributed by atoms with Gasteiger partial charge in [0.1, 0.15) is 12.7 Å². The zero-order valence-corrected chi connectivity index (χ0v) is 7.24. The highest BCUT2D eigenvalue weighted by Gasteiger charge is 2.48.